The van der Waals surface area contributed by atoms with Gasteiger partial charge in [-0.2, -0.15) is 0 Å². The minimum atomic E-state index is -0.957. The van der Waals surface area contributed by atoms with Crippen LogP contribution in [-0.2, 0) is 0 Å². The van der Waals surface area contributed by atoms with Crippen molar-refractivity contribution in [2.75, 3.05) is 11.9 Å². The van der Waals surface area contributed by atoms with Gasteiger partial charge in [-0.3, -0.25) is 0 Å². The molecular formula is C11H16N2O2S. The normalized spacial score (nSPS) is 17.2. The Bertz CT molecular complexity index is 359. The minimum absolute atomic E-state index is 0.135. The molecular weight excluding hydrogens is 224 g/mol. The number of nitrogens with one attached hydrogen (secondary N) is 1. The van der Waals surface area contributed by atoms with E-state index in [1.54, 1.807) is 5.38 Å². The lowest BCUT2D eigenvalue weighted by molar-refractivity contribution is 0.0691. The molecule has 1 saturated carbocycles. The first-order valence-corrected chi connectivity index (χ1v) is 6.56. The van der Waals surface area contributed by atoms with Gasteiger partial charge in [0.1, 0.15) is 0 Å². The molecule has 1 aliphatic carbocycles. The van der Waals surface area contributed by atoms with Crippen LogP contribution in [0.3, 0.4) is 0 Å². The van der Waals surface area contributed by atoms with Crippen molar-refractivity contribution >= 4 is 22.4 Å². The summed E-state index contributed by atoms with van der Waals surface area (Å²) >= 11 is 1.36. The first-order valence-electron chi connectivity index (χ1n) is 5.68. The first kappa shape index (κ1) is 11.4. The zero-order valence-electron chi connectivity index (χ0n) is 9.11. The molecule has 0 spiro atoms. The van der Waals surface area contributed by atoms with E-state index in [4.69, 9.17) is 5.11 Å². The molecule has 0 aromatic carbocycles. The number of carbonyl (C=O) groups is 1. The number of carboxylic acids is 1. The second-order valence-corrected chi connectivity index (χ2v) is 5.09. The number of thiazole rings is 1. The number of aromatic nitrogens is 1. The Morgan fingerprint density at radius 1 is 1.50 bits per heavy atom. The number of rotatable bonds is 4. The number of nitrogens with zero attached hydrogens (tertiary/aromatic N) is 1. The number of hydrogen-bond acceptors (Lipinski definition) is 4. The smallest absolute Gasteiger partial charge is 0.355 e. The molecule has 1 aliphatic rings. The van der Waals surface area contributed by atoms with E-state index in [2.05, 4.69) is 10.3 Å². The van der Waals surface area contributed by atoms with Crippen LogP contribution in [0.15, 0.2) is 5.38 Å². The lowest BCUT2D eigenvalue weighted by Gasteiger charge is -2.21. The van der Waals surface area contributed by atoms with E-state index in [1.165, 1.54) is 43.4 Å². The maximum Gasteiger partial charge on any atom is 0.355 e. The van der Waals surface area contributed by atoms with Crippen LogP contribution in [0.25, 0.3) is 0 Å². The van der Waals surface area contributed by atoms with Gasteiger partial charge in [0.05, 0.1) is 0 Å². The third-order valence-corrected chi connectivity index (χ3v) is 3.79. The number of hydrogen-bond donors (Lipinski definition) is 2. The zero-order chi connectivity index (χ0) is 11.4. The van der Waals surface area contributed by atoms with Crippen LogP contribution in [0, 0.1) is 5.92 Å². The van der Waals surface area contributed by atoms with Crippen molar-refractivity contribution in [2.24, 2.45) is 5.92 Å². The molecule has 1 aromatic rings. The van der Waals surface area contributed by atoms with Crippen LogP contribution < -0.4 is 5.32 Å². The van der Waals surface area contributed by atoms with Crippen LogP contribution in [0.4, 0.5) is 5.13 Å². The summed E-state index contributed by atoms with van der Waals surface area (Å²) in [6, 6.07) is 0. The van der Waals surface area contributed by atoms with Crippen LogP contribution >= 0.6 is 11.3 Å². The van der Waals surface area contributed by atoms with Crippen molar-refractivity contribution in [3.63, 3.8) is 0 Å². The van der Waals surface area contributed by atoms with Crippen molar-refractivity contribution in [2.45, 2.75) is 32.1 Å². The largest absolute Gasteiger partial charge is 0.476 e. The number of carboxylic acid groups (broad SMARTS) is 1. The van der Waals surface area contributed by atoms with Crippen LogP contribution in [0.5, 0.6) is 0 Å². The fourth-order valence-corrected chi connectivity index (χ4v) is 2.77. The highest BCUT2D eigenvalue weighted by Crippen LogP contribution is 2.24. The fourth-order valence-electron chi connectivity index (χ4n) is 2.08. The first-order chi connectivity index (χ1) is 7.75. The van der Waals surface area contributed by atoms with Gasteiger partial charge in [0, 0.05) is 11.9 Å². The Morgan fingerprint density at radius 2 is 2.25 bits per heavy atom. The summed E-state index contributed by atoms with van der Waals surface area (Å²) in [5.41, 5.74) is 0.135. The topological polar surface area (TPSA) is 62.2 Å². The summed E-state index contributed by atoms with van der Waals surface area (Å²) in [6.45, 7) is 0.923. The van der Waals surface area contributed by atoms with Gasteiger partial charge >= 0.3 is 5.97 Å². The van der Waals surface area contributed by atoms with Gasteiger partial charge in [-0.1, -0.05) is 19.3 Å². The maximum atomic E-state index is 10.6. The molecule has 4 nitrogen and oxygen atoms in total. The summed E-state index contributed by atoms with van der Waals surface area (Å²) in [5, 5.41) is 14.3. The molecule has 0 bridgehead atoms. The molecule has 16 heavy (non-hydrogen) atoms. The van der Waals surface area contributed by atoms with Crippen LogP contribution in [-0.4, -0.2) is 22.6 Å². The molecule has 5 heteroatoms. The second-order valence-electron chi connectivity index (χ2n) is 4.23. The van der Waals surface area contributed by atoms with Crippen molar-refractivity contribution in [1.82, 2.24) is 4.98 Å². The number of aromatic carboxylic acids is 1. The summed E-state index contributed by atoms with van der Waals surface area (Å²) in [6.07, 6.45) is 6.57. The van der Waals surface area contributed by atoms with Gasteiger partial charge < -0.3 is 10.4 Å². The minimum Gasteiger partial charge on any atom is -0.476 e. The van der Waals surface area contributed by atoms with Crippen LogP contribution in [0.2, 0.25) is 0 Å². The Morgan fingerprint density at radius 3 is 2.88 bits per heavy atom. The van der Waals surface area contributed by atoms with Crippen LogP contribution in [0.1, 0.15) is 42.6 Å². The van der Waals surface area contributed by atoms with Gasteiger partial charge in [0.2, 0.25) is 0 Å². The van der Waals surface area contributed by atoms with Gasteiger partial charge in [-0.15, -0.1) is 11.3 Å². The molecule has 0 unspecified atom stereocenters. The van der Waals surface area contributed by atoms with Crippen molar-refractivity contribution in [1.29, 1.82) is 0 Å². The Hall–Kier alpha value is -1.10. The number of anilines is 1. The summed E-state index contributed by atoms with van der Waals surface area (Å²) in [4.78, 5) is 14.6. The lowest BCUT2D eigenvalue weighted by Crippen LogP contribution is -2.17. The lowest BCUT2D eigenvalue weighted by atomic mass is 9.89. The molecule has 0 amide bonds. The molecule has 0 atom stereocenters. The molecule has 0 radical (unpaired) electrons. The summed E-state index contributed by atoms with van der Waals surface area (Å²) in [5.74, 6) is -0.229. The quantitative estimate of drug-likeness (QED) is 0.849. The Labute approximate surface area is 98.7 Å². The molecule has 2 N–H and O–H groups in total. The fraction of sp³-hybridized carbons (Fsp3) is 0.636. The average molecular weight is 240 g/mol. The molecule has 0 aliphatic heterocycles. The molecule has 88 valence electrons. The summed E-state index contributed by atoms with van der Waals surface area (Å²) in [7, 11) is 0. The van der Waals surface area contributed by atoms with E-state index >= 15 is 0 Å². The molecule has 1 heterocycles. The van der Waals surface area contributed by atoms with E-state index in [0.717, 1.165) is 17.6 Å². The van der Waals surface area contributed by atoms with Gasteiger partial charge in [0.15, 0.2) is 10.8 Å². The van der Waals surface area contributed by atoms with Crippen molar-refractivity contribution < 1.29 is 9.90 Å². The SMILES string of the molecule is O=C(O)c1csc(NCC2CCCCC2)n1. The molecule has 1 aromatic heterocycles. The molecule has 0 saturated heterocycles. The van der Waals surface area contributed by atoms with E-state index in [0.29, 0.717) is 0 Å². The predicted octanol–water partition coefficient (Wildman–Crippen LogP) is 2.83. The van der Waals surface area contributed by atoms with E-state index in [9.17, 15) is 4.79 Å². The van der Waals surface area contributed by atoms with Gasteiger partial charge in [-0.25, -0.2) is 9.78 Å². The van der Waals surface area contributed by atoms with Crippen molar-refractivity contribution in [3.05, 3.63) is 11.1 Å². The highest BCUT2D eigenvalue weighted by Gasteiger charge is 2.14. The average Bonchev–Trinajstić information content (AvgIpc) is 2.76. The Balaban J connectivity index is 1.81. The summed E-state index contributed by atoms with van der Waals surface area (Å²) < 4.78 is 0. The Kier molecular flexibility index (Phi) is 3.77. The van der Waals surface area contributed by atoms with E-state index in [-0.39, 0.29) is 5.69 Å². The van der Waals surface area contributed by atoms with Gasteiger partial charge in [-0.05, 0) is 18.8 Å². The highest BCUT2D eigenvalue weighted by atomic mass is 32.1. The highest BCUT2D eigenvalue weighted by molar-refractivity contribution is 7.13. The van der Waals surface area contributed by atoms with E-state index in [1.807, 2.05) is 0 Å². The van der Waals surface area contributed by atoms with Gasteiger partial charge in [0.25, 0.3) is 0 Å². The third kappa shape index (κ3) is 2.95. The monoisotopic (exact) mass is 240 g/mol. The van der Waals surface area contributed by atoms with Crippen molar-refractivity contribution in [3.8, 4) is 0 Å². The zero-order valence-corrected chi connectivity index (χ0v) is 9.92. The maximum absolute atomic E-state index is 10.6. The molecule has 2 rings (SSSR count). The predicted molar refractivity (Wildman–Crippen MR) is 64.1 cm³/mol. The van der Waals surface area contributed by atoms with E-state index < -0.39 is 5.97 Å². The standard InChI is InChI=1S/C11H16N2O2S/c14-10(15)9-7-16-11(13-9)12-6-8-4-2-1-3-5-8/h7-8H,1-6H2,(H,12,13)(H,14,15). The molecule has 1 fully saturated rings. The second kappa shape index (κ2) is 5.30. The third-order valence-electron chi connectivity index (χ3n) is 2.99.